The molecular weight excluding hydrogens is 281 g/mol. The van der Waals surface area contributed by atoms with Crippen molar-refractivity contribution in [3.8, 4) is 11.5 Å². The molecule has 0 bridgehead atoms. The van der Waals surface area contributed by atoms with Gasteiger partial charge in [0, 0.05) is 0 Å². The largest absolute Gasteiger partial charge is 0.334 e. The molecule has 0 N–H and O–H groups in total. The van der Waals surface area contributed by atoms with Gasteiger partial charge in [0.05, 0.1) is 10.9 Å². The molecule has 7 heteroatoms. The van der Waals surface area contributed by atoms with E-state index in [0.29, 0.717) is 6.42 Å². The number of benzene rings is 1. The second kappa shape index (κ2) is 5.61. The van der Waals surface area contributed by atoms with Crippen LogP contribution in [-0.2, 0) is 0 Å². The molecule has 0 aliphatic rings. The maximum absolute atomic E-state index is 13.5. The molecule has 102 valence electrons. The summed E-state index contributed by atoms with van der Waals surface area (Å²) in [7, 11) is 0. The second-order valence-electron chi connectivity index (χ2n) is 3.94. The lowest BCUT2D eigenvalue weighted by atomic mass is 10.2. The maximum atomic E-state index is 13.5. The molecule has 0 aliphatic carbocycles. The lowest BCUT2D eigenvalue weighted by Crippen LogP contribution is -1.95. The zero-order valence-corrected chi connectivity index (χ0v) is 10.7. The molecule has 2 aromatic rings. The van der Waals surface area contributed by atoms with E-state index in [1.165, 1.54) is 0 Å². The summed E-state index contributed by atoms with van der Waals surface area (Å²) in [6.07, 6.45) is 1.44. The van der Waals surface area contributed by atoms with Crippen LogP contribution in [0.1, 0.15) is 31.0 Å². The summed E-state index contributed by atoms with van der Waals surface area (Å²) in [5.74, 6) is -4.25. The molecule has 3 nitrogen and oxygen atoms in total. The molecule has 0 saturated carbocycles. The van der Waals surface area contributed by atoms with Gasteiger partial charge in [-0.2, -0.15) is 4.98 Å². The van der Waals surface area contributed by atoms with Crippen molar-refractivity contribution in [2.24, 2.45) is 0 Å². The fourth-order valence-corrected chi connectivity index (χ4v) is 1.85. The normalized spacial score (nSPS) is 12.7. The SMILES string of the molecule is CCCC(Cl)c1noc(-c2ccc(F)c(F)c2F)n1. The first-order chi connectivity index (χ1) is 9.04. The maximum Gasteiger partial charge on any atom is 0.261 e. The van der Waals surface area contributed by atoms with Crippen molar-refractivity contribution >= 4 is 11.6 Å². The van der Waals surface area contributed by atoms with Crippen LogP contribution >= 0.6 is 11.6 Å². The number of rotatable bonds is 4. The van der Waals surface area contributed by atoms with Crippen LogP contribution < -0.4 is 0 Å². The first-order valence-electron chi connectivity index (χ1n) is 5.66. The highest BCUT2D eigenvalue weighted by atomic mass is 35.5. The van der Waals surface area contributed by atoms with Gasteiger partial charge in [-0.25, -0.2) is 13.2 Å². The predicted octanol–water partition coefficient (Wildman–Crippen LogP) is 4.23. The van der Waals surface area contributed by atoms with Crippen LogP contribution in [0.5, 0.6) is 0 Å². The lowest BCUT2D eigenvalue weighted by molar-refractivity contribution is 0.412. The summed E-state index contributed by atoms with van der Waals surface area (Å²) in [6.45, 7) is 1.94. The van der Waals surface area contributed by atoms with E-state index < -0.39 is 22.8 Å². The lowest BCUT2D eigenvalue weighted by Gasteiger charge is -2.00. The zero-order chi connectivity index (χ0) is 14.0. The zero-order valence-electron chi connectivity index (χ0n) is 9.96. The molecule has 2 rings (SSSR count). The van der Waals surface area contributed by atoms with Crippen LogP contribution in [0.3, 0.4) is 0 Å². The van der Waals surface area contributed by atoms with Gasteiger partial charge in [0.25, 0.3) is 5.89 Å². The van der Waals surface area contributed by atoms with Gasteiger partial charge in [-0.1, -0.05) is 18.5 Å². The molecule has 0 aliphatic heterocycles. The van der Waals surface area contributed by atoms with Crippen molar-refractivity contribution in [1.29, 1.82) is 0 Å². The molecular formula is C12H10ClF3N2O. The van der Waals surface area contributed by atoms with Crippen molar-refractivity contribution < 1.29 is 17.7 Å². The number of hydrogen-bond donors (Lipinski definition) is 0. The van der Waals surface area contributed by atoms with E-state index in [1.54, 1.807) is 0 Å². The van der Waals surface area contributed by atoms with Crippen LogP contribution in [0.4, 0.5) is 13.2 Å². The second-order valence-corrected chi connectivity index (χ2v) is 4.46. The fraction of sp³-hybridized carbons (Fsp3) is 0.333. The van der Waals surface area contributed by atoms with E-state index in [4.69, 9.17) is 16.1 Å². The number of nitrogens with zero attached hydrogens (tertiary/aromatic N) is 2. The minimum Gasteiger partial charge on any atom is -0.334 e. The molecule has 1 aromatic carbocycles. The topological polar surface area (TPSA) is 38.9 Å². The third-order valence-corrected chi connectivity index (χ3v) is 2.94. The van der Waals surface area contributed by atoms with Gasteiger partial charge < -0.3 is 4.52 Å². The average Bonchev–Trinajstić information content (AvgIpc) is 2.86. The van der Waals surface area contributed by atoms with Gasteiger partial charge in [0.2, 0.25) is 0 Å². The van der Waals surface area contributed by atoms with Crippen molar-refractivity contribution in [2.75, 3.05) is 0 Å². The van der Waals surface area contributed by atoms with Crippen LogP contribution in [0.25, 0.3) is 11.5 Å². The highest BCUT2D eigenvalue weighted by molar-refractivity contribution is 6.20. The van der Waals surface area contributed by atoms with Crippen molar-refractivity contribution in [3.05, 3.63) is 35.4 Å². The Morgan fingerprint density at radius 2 is 2.00 bits per heavy atom. The molecule has 0 radical (unpaired) electrons. The van der Waals surface area contributed by atoms with Crippen molar-refractivity contribution in [3.63, 3.8) is 0 Å². The quantitative estimate of drug-likeness (QED) is 0.624. The third-order valence-electron chi connectivity index (χ3n) is 2.53. The third kappa shape index (κ3) is 2.73. The van der Waals surface area contributed by atoms with E-state index in [9.17, 15) is 13.2 Å². The Labute approximate surface area is 112 Å². The van der Waals surface area contributed by atoms with Gasteiger partial charge in [0.15, 0.2) is 23.3 Å². The molecule has 0 fully saturated rings. The van der Waals surface area contributed by atoms with Crippen LogP contribution in [-0.4, -0.2) is 10.1 Å². The van der Waals surface area contributed by atoms with E-state index >= 15 is 0 Å². The number of aromatic nitrogens is 2. The summed E-state index contributed by atoms with van der Waals surface area (Å²) in [5, 5.41) is 3.14. The van der Waals surface area contributed by atoms with E-state index in [-0.39, 0.29) is 17.3 Å². The summed E-state index contributed by atoms with van der Waals surface area (Å²) < 4.78 is 44.3. The Morgan fingerprint density at radius 3 is 2.68 bits per heavy atom. The first kappa shape index (κ1) is 13.9. The Balaban J connectivity index is 2.36. The van der Waals surface area contributed by atoms with Gasteiger partial charge in [-0.05, 0) is 18.6 Å². The smallest absolute Gasteiger partial charge is 0.261 e. The Morgan fingerprint density at radius 1 is 1.26 bits per heavy atom. The Kier molecular flexibility index (Phi) is 4.09. The number of halogens is 4. The Hall–Kier alpha value is -1.56. The summed E-state index contributed by atoms with van der Waals surface area (Å²) in [5.41, 5.74) is -0.294. The molecule has 0 amide bonds. The van der Waals surface area contributed by atoms with Crippen molar-refractivity contribution in [2.45, 2.75) is 25.1 Å². The van der Waals surface area contributed by atoms with Gasteiger partial charge in [-0.15, -0.1) is 11.6 Å². The highest BCUT2D eigenvalue weighted by Crippen LogP contribution is 2.28. The minimum atomic E-state index is -1.58. The molecule has 1 unspecified atom stereocenters. The van der Waals surface area contributed by atoms with E-state index in [2.05, 4.69) is 10.1 Å². The van der Waals surface area contributed by atoms with Crippen LogP contribution in [0.2, 0.25) is 0 Å². The highest BCUT2D eigenvalue weighted by Gasteiger charge is 2.21. The molecule has 19 heavy (non-hydrogen) atoms. The van der Waals surface area contributed by atoms with Gasteiger partial charge >= 0.3 is 0 Å². The molecule has 1 heterocycles. The minimum absolute atomic E-state index is 0.197. The van der Waals surface area contributed by atoms with Crippen LogP contribution in [0, 0.1) is 17.5 Å². The van der Waals surface area contributed by atoms with Gasteiger partial charge in [0.1, 0.15) is 0 Å². The molecule has 0 spiro atoms. The summed E-state index contributed by atoms with van der Waals surface area (Å²) in [6, 6.07) is 1.83. The summed E-state index contributed by atoms with van der Waals surface area (Å²) >= 11 is 5.99. The first-order valence-corrected chi connectivity index (χ1v) is 6.09. The van der Waals surface area contributed by atoms with E-state index in [0.717, 1.165) is 18.6 Å². The fourth-order valence-electron chi connectivity index (χ4n) is 1.55. The molecule has 1 aromatic heterocycles. The average molecular weight is 291 g/mol. The number of hydrogen-bond acceptors (Lipinski definition) is 3. The van der Waals surface area contributed by atoms with Gasteiger partial charge in [-0.3, -0.25) is 0 Å². The van der Waals surface area contributed by atoms with E-state index in [1.807, 2.05) is 6.92 Å². The molecule has 0 saturated heterocycles. The Bertz CT molecular complexity index is 588. The standard InChI is InChI=1S/C12H10ClF3N2O/c1-2-3-7(13)11-17-12(19-18-11)6-4-5-8(14)10(16)9(6)15/h4-5,7H,2-3H2,1H3. The molecule has 1 atom stereocenters. The predicted molar refractivity (Wildman–Crippen MR) is 63.1 cm³/mol. The van der Waals surface area contributed by atoms with Crippen LogP contribution in [0.15, 0.2) is 16.7 Å². The van der Waals surface area contributed by atoms with Crippen molar-refractivity contribution in [1.82, 2.24) is 10.1 Å². The monoisotopic (exact) mass is 290 g/mol. The summed E-state index contributed by atoms with van der Waals surface area (Å²) in [4.78, 5) is 3.89. The number of alkyl halides is 1.